The molecule has 5 heteroatoms. The second-order valence-corrected chi connectivity index (χ2v) is 4.83. The summed E-state index contributed by atoms with van der Waals surface area (Å²) in [4.78, 5) is 23.8. The van der Waals surface area contributed by atoms with Crippen molar-refractivity contribution in [2.45, 2.75) is 6.92 Å². The maximum Gasteiger partial charge on any atom is 0.251 e. The molecule has 0 unspecified atom stereocenters. The summed E-state index contributed by atoms with van der Waals surface area (Å²) in [5.74, 6) is -0.00480. The van der Waals surface area contributed by atoms with Crippen LogP contribution >= 0.6 is 0 Å². The van der Waals surface area contributed by atoms with Crippen LogP contribution in [0.3, 0.4) is 0 Å². The van der Waals surface area contributed by atoms with Crippen LogP contribution in [0.5, 0.6) is 5.75 Å². The van der Waals surface area contributed by atoms with Gasteiger partial charge in [0.05, 0.1) is 13.7 Å². The fourth-order valence-corrected chi connectivity index (χ4v) is 1.87. The molecular formula is C17H18N2O3. The van der Waals surface area contributed by atoms with Gasteiger partial charge in [-0.1, -0.05) is 23.8 Å². The van der Waals surface area contributed by atoms with E-state index in [1.807, 2.05) is 31.2 Å². The van der Waals surface area contributed by atoms with E-state index in [1.165, 1.54) is 7.11 Å². The molecule has 5 nitrogen and oxygen atoms in total. The van der Waals surface area contributed by atoms with E-state index in [0.717, 1.165) is 5.56 Å². The molecule has 114 valence electrons. The van der Waals surface area contributed by atoms with Crippen LogP contribution in [0.1, 0.15) is 15.9 Å². The summed E-state index contributed by atoms with van der Waals surface area (Å²) in [6.45, 7) is 1.88. The summed E-state index contributed by atoms with van der Waals surface area (Å²) in [6, 6.07) is 14.2. The molecule has 0 bridgehead atoms. The van der Waals surface area contributed by atoms with Crippen LogP contribution in [-0.2, 0) is 4.79 Å². The summed E-state index contributed by atoms with van der Waals surface area (Å²) in [7, 11) is 1.53. The monoisotopic (exact) mass is 298 g/mol. The van der Waals surface area contributed by atoms with Crippen molar-refractivity contribution in [1.29, 1.82) is 0 Å². The van der Waals surface area contributed by atoms with E-state index in [-0.39, 0.29) is 18.4 Å². The van der Waals surface area contributed by atoms with Gasteiger partial charge in [0.15, 0.2) is 0 Å². The number of nitrogens with one attached hydrogen (secondary N) is 2. The van der Waals surface area contributed by atoms with Gasteiger partial charge >= 0.3 is 0 Å². The molecule has 0 saturated heterocycles. The molecule has 0 aliphatic heterocycles. The molecule has 0 fully saturated rings. The molecular weight excluding hydrogens is 280 g/mol. The fraction of sp³-hybridized carbons (Fsp3) is 0.176. The van der Waals surface area contributed by atoms with Crippen molar-refractivity contribution in [2.24, 2.45) is 0 Å². The lowest BCUT2D eigenvalue weighted by Crippen LogP contribution is -2.32. The van der Waals surface area contributed by atoms with Gasteiger partial charge in [0.25, 0.3) is 5.91 Å². The Balaban J connectivity index is 1.87. The number of carbonyl (C=O) groups is 2. The van der Waals surface area contributed by atoms with Crippen molar-refractivity contribution in [2.75, 3.05) is 19.0 Å². The Morgan fingerprint density at radius 1 is 1.09 bits per heavy atom. The summed E-state index contributed by atoms with van der Waals surface area (Å²) in [5, 5.41) is 5.30. The average Bonchev–Trinajstić information content (AvgIpc) is 2.55. The van der Waals surface area contributed by atoms with E-state index in [9.17, 15) is 9.59 Å². The Morgan fingerprint density at radius 2 is 1.82 bits per heavy atom. The molecule has 0 atom stereocenters. The lowest BCUT2D eigenvalue weighted by Gasteiger charge is -2.08. The molecule has 2 aromatic rings. The predicted octanol–water partition coefficient (Wildman–Crippen LogP) is 2.37. The van der Waals surface area contributed by atoms with Gasteiger partial charge in [-0.25, -0.2) is 0 Å². The number of anilines is 1. The highest BCUT2D eigenvalue weighted by Gasteiger charge is 2.09. The van der Waals surface area contributed by atoms with Crippen molar-refractivity contribution in [3.63, 3.8) is 0 Å². The molecule has 0 aliphatic rings. The van der Waals surface area contributed by atoms with Crippen LogP contribution < -0.4 is 15.4 Å². The fourth-order valence-electron chi connectivity index (χ4n) is 1.87. The molecule has 22 heavy (non-hydrogen) atoms. The normalized spacial score (nSPS) is 9.91. The Hall–Kier alpha value is -2.82. The molecule has 2 rings (SSSR count). The highest BCUT2D eigenvalue weighted by atomic mass is 16.5. The predicted molar refractivity (Wildman–Crippen MR) is 85.1 cm³/mol. The van der Waals surface area contributed by atoms with Crippen LogP contribution in [-0.4, -0.2) is 25.5 Å². The number of hydrogen-bond donors (Lipinski definition) is 2. The van der Waals surface area contributed by atoms with Gasteiger partial charge in [0.2, 0.25) is 5.91 Å². The van der Waals surface area contributed by atoms with Gasteiger partial charge < -0.3 is 15.4 Å². The molecule has 0 aliphatic carbocycles. The smallest absolute Gasteiger partial charge is 0.251 e. The van der Waals surface area contributed by atoms with Crippen molar-refractivity contribution in [1.82, 2.24) is 5.32 Å². The Labute approximate surface area is 129 Å². The standard InChI is InChI=1S/C17H18N2O3/c1-12-6-8-14(9-7-12)19-16(20)11-18-17(21)13-4-3-5-15(10-13)22-2/h3-10H,11H2,1-2H3,(H,18,21)(H,19,20). The van der Waals surface area contributed by atoms with Crippen LogP contribution in [0, 0.1) is 6.92 Å². The highest BCUT2D eigenvalue weighted by Crippen LogP contribution is 2.12. The first-order valence-corrected chi connectivity index (χ1v) is 6.87. The number of methoxy groups -OCH3 is 1. The van der Waals surface area contributed by atoms with E-state index < -0.39 is 0 Å². The Kier molecular flexibility index (Phi) is 5.14. The van der Waals surface area contributed by atoms with Crippen LogP contribution in [0.15, 0.2) is 48.5 Å². The minimum Gasteiger partial charge on any atom is -0.497 e. The highest BCUT2D eigenvalue weighted by molar-refractivity contribution is 5.99. The number of rotatable bonds is 5. The summed E-state index contributed by atoms with van der Waals surface area (Å²) in [6.07, 6.45) is 0. The van der Waals surface area contributed by atoms with Gasteiger partial charge in [0, 0.05) is 11.3 Å². The third kappa shape index (κ3) is 4.34. The van der Waals surface area contributed by atoms with E-state index in [0.29, 0.717) is 17.0 Å². The summed E-state index contributed by atoms with van der Waals surface area (Å²) >= 11 is 0. The SMILES string of the molecule is COc1cccc(C(=O)NCC(=O)Nc2ccc(C)cc2)c1. The largest absolute Gasteiger partial charge is 0.497 e. The van der Waals surface area contributed by atoms with E-state index >= 15 is 0 Å². The van der Waals surface area contributed by atoms with Crippen molar-refractivity contribution >= 4 is 17.5 Å². The van der Waals surface area contributed by atoms with Crippen LogP contribution in [0.2, 0.25) is 0 Å². The van der Waals surface area contributed by atoms with E-state index in [4.69, 9.17) is 4.74 Å². The molecule has 0 heterocycles. The van der Waals surface area contributed by atoms with Crippen LogP contribution in [0.4, 0.5) is 5.69 Å². The molecule has 2 aromatic carbocycles. The van der Waals surface area contributed by atoms with Gasteiger partial charge in [-0.05, 0) is 37.3 Å². The molecule has 0 radical (unpaired) electrons. The number of ether oxygens (including phenoxy) is 1. The molecule has 0 aromatic heterocycles. The number of carbonyl (C=O) groups excluding carboxylic acids is 2. The lowest BCUT2D eigenvalue weighted by molar-refractivity contribution is -0.115. The number of aryl methyl sites for hydroxylation is 1. The second kappa shape index (κ2) is 7.26. The number of hydrogen-bond acceptors (Lipinski definition) is 3. The summed E-state index contributed by atoms with van der Waals surface area (Å²) in [5.41, 5.74) is 2.26. The minimum absolute atomic E-state index is 0.0933. The number of benzene rings is 2. The van der Waals surface area contributed by atoms with Gasteiger partial charge in [-0.15, -0.1) is 0 Å². The minimum atomic E-state index is -0.321. The maximum atomic E-state index is 12.0. The average molecular weight is 298 g/mol. The number of amides is 2. The molecule has 0 saturated carbocycles. The van der Waals surface area contributed by atoms with Gasteiger partial charge in [0.1, 0.15) is 5.75 Å². The Bertz CT molecular complexity index is 666. The molecule has 0 spiro atoms. The zero-order chi connectivity index (χ0) is 15.9. The van der Waals surface area contributed by atoms with Crippen molar-refractivity contribution in [3.05, 3.63) is 59.7 Å². The van der Waals surface area contributed by atoms with Crippen LogP contribution in [0.25, 0.3) is 0 Å². The first-order valence-electron chi connectivity index (χ1n) is 6.87. The molecule has 2 amide bonds. The third-order valence-electron chi connectivity index (χ3n) is 3.08. The second-order valence-electron chi connectivity index (χ2n) is 4.83. The first-order chi connectivity index (χ1) is 10.6. The topological polar surface area (TPSA) is 67.4 Å². The third-order valence-corrected chi connectivity index (χ3v) is 3.08. The van der Waals surface area contributed by atoms with Crippen molar-refractivity contribution < 1.29 is 14.3 Å². The van der Waals surface area contributed by atoms with E-state index in [2.05, 4.69) is 10.6 Å². The lowest BCUT2D eigenvalue weighted by atomic mass is 10.2. The Morgan fingerprint density at radius 3 is 2.50 bits per heavy atom. The quantitative estimate of drug-likeness (QED) is 0.890. The molecule has 2 N–H and O–H groups in total. The van der Waals surface area contributed by atoms with Crippen molar-refractivity contribution in [3.8, 4) is 5.75 Å². The first kappa shape index (κ1) is 15.6. The van der Waals surface area contributed by atoms with E-state index in [1.54, 1.807) is 24.3 Å². The maximum absolute atomic E-state index is 12.0. The zero-order valence-corrected chi connectivity index (χ0v) is 12.6. The summed E-state index contributed by atoms with van der Waals surface area (Å²) < 4.78 is 5.06. The van der Waals surface area contributed by atoms with Gasteiger partial charge in [-0.2, -0.15) is 0 Å². The van der Waals surface area contributed by atoms with Gasteiger partial charge in [-0.3, -0.25) is 9.59 Å². The zero-order valence-electron chi connectivity index (χ0n) is 12.6.